The number of hydrogen-bond acceptors (Lipinski definition) is 2. The molecule has 1 N–H and O–H groups in total. The normalized spacial score (nSPS) is 12.7. The van der Waals surface area contributed by atoms with Gasteiger partial charge in [0.25, 0.3) is 0 Å². The Balaban J connectivity index is 2.39. The quantitative estimate of drug-likeness (QED) is 0.545. The monoisotopic (exact) mass is 237 g/mol. The predicted molar refractivity (Wildman–Crippen MR) is 75.3 cm³/mol. The van der Waals surface area contributed by atoms with E-state index in [1.807, 2.05) is 0 Å². The molecule has 0 amide bonds. The van der Waals surface area contributed by atoms with Crippen molar-refractivity contribution in [1.29, 1.82) is 0 Å². The van der Waals surface area contributed by atoms with Crippen LogP contribution in [-0.4, -0.2) is 12.3 Å². The van der Waals surface area contributed by atoms with E-state index in [2.05, 4.69) is 56.1 Å². The standard InChI is InChI=1S/C14H23NS/c1-3-12(2)14-7-5-13(6-8-14)11-15-9-4-10-16/h5-8,12,15-16H,3-4,9-11H2,1-2H3. The molecule has 0 fully saturated rings. The van der Waals surface area contributed by atoms with Crippen molar-refractivity contribution in [3.05, 3.63) is 35.4 Å². The lowest BCUT2D eigenvalue weighted by atomic mass is 9.98. The summed E-state index contributed by atoms with van der Waals surface area (Å²) in [6.07, 6.45) is 2.34. The lowest BCUT2D eigenvalue weighted by Crippen LogP contribution is -2.14. The van der Waals surface area contributed by atoms with E-state index in [0.717, 1.165) is 25.3 Å². The summed E-state index contributed by atoms with van der Waals surface area (Å²) in [7, 11) is 0. The molecule has 1 rings (SSSR count). The van der Waals surface area contributed by atoms with E-state index in [9.17, 15) is 0 Å². The van der Waals surface area contributed by atoms with Crippen LogP contribution < -0.4 is 5.32 Å². The second-order valence-electron chi connectivity index (χ2n) is 4.30. The Labute approximate surface area is 105 Å². The summed E-state index contributed by atoms with van der Waals surface area (Å²) in [5.41, 5.74) is 2.81. The largest absolute Gasteiger partial charge is 0.313 e. The van der Waals surface area contributed by atoms with Crippen molar-refractivity contribution in [1.82, 2.24) is 5.32 Å². The molecular formula is C14H23NS. The average molecular weight is 237 g/mol. The van der Waals surface area contributed by atoms with Crippen molar-refractivity contribution >= 4 is 12.6 Å². The van der Waals surface area contributed by atoms with Crippen molar-refractivity contribution in [2.45, 2.75) is 39.2 Å². The molecule has 0 aliphatic rings. The van der Waals surface area contributed by atoms with Crippen LogP contribution in [0.1, 0.15) is 43.7 Å². The fourth-order valence-electron chi connectivity index (χ4n) is 1.64. The summed E-state index contributed by atoms with van der Waals surface area (Å²) in [6.45, 7) is 6.53. The van der Waals surface area contributed by atoms with E-state index >= 15 is 0 Å². The summed E-state index contributed by atoms with van der Waals surface area (Å²) in [5, 5.41) is 3.42. The molecule has 1 aromatic carbocycles. The van der Waals surface area contributed by atoms with Gasteiger partial charge in [-0.2, -0.15) is 12.6 Å². The smallest absolute Gasteiger partial charge is 0.0205 e. The van der Waals surface area contributed by atoms with E-state index in [0.29, 0.717) is 5.92 Å². The van der Waals surface area contributed by atoms with Crippen LogP contribution in [0, 0.1) is 0 Å². The topological polar surface area (TPSA) is 12.0 Å². The van der Waals surface area contributed by atoms with Crippen molar-refractivity contribution in [3.8, 4) is 0 Å². The van der Waals surface area contributed by atoms with Crippen LogP contribution in [0.3, 0.4) is 0 Å². The minimum Gasteiger partial charge on any atom is -0.313 e. The van der Waals surface area contributed by atoms with Gasteiger partial charge in [-0.05, 0) is 42.2 Å². The first-order valence-corrected chi connectivity index (χ1v) is 6.81. The van der Waals surface area contributed by atoms with E-state index < -0.39 is 0 Å². The van der Waals surface area contributed by atoms with E-state index in [-0.39, 0.29) is 0 Å². The highest BCUT2D eigenvalue weighted by Gasteiger charge is 2.01. The molecule has 1 nitrogen and oxygen atoms in total. The van der Waals surface area contributed by atoms with Gasteiger partial charge in [-0.15, -0.1) is 0 Å². The molecule has 0 radical (unpaired) electrons. The molecule has 1 unspecified atom stereocenters. The molecule has 16 heavy (non-hydrogen) atoms. The van der Waals surface area contributed by atoms with Gasteiger partial charge < -0.3 is 5.32 Å². The number of nitrogens with one attached hydrogen (secondary N) is 1. The van der Waals surface area contributed by atoms with Gasteiger partial charge in [0.15, 0.2) is 0 Å². The number of rotatable bonds is 7. The minimum absolute atomic E-state index is 0.672. The maximum absolute atomic E-state index is 4.19. The first-order chi connectivity index (χ1) is 7.77. The van der Waals surface area contributed by atoms with E-state index in [1.165, 1.54) is 17.5 Å². The highest BCUT2D eigenvalue weighted by Crippen LogP contribution is 2.18. The highest BCUT2D eigenvalue weighted by molar-refractivity contribution is 7.80. The van der Waals surface area contributed by atoms with Crippen LogP contribution in [0.15, 0.2) is 24.3 Å². The molecule has 0 heterocycles. The summed E-state index contributed by atoms with van der Waals surface area (Å²) in [6, 6.07) is 8.97. The number of thiol groups is 1. The lowest BCUT2D eigenvalue weighted by molar-refractivity contribution is 0.678. The Hall–Kier alpha value is -0.470. The molecule has 0 spiro atoms. The van der Waals surface area contributed by atoms with Crippen LogP contribution in [0.4, 0.5) is 0 Å². The van der Waals surface area contributed by atoms with Crippen LogP contribution in [0.25, 0.3) is 0 Å². The molecular weight excluding hydrogens is 214 g/mol. The minimum atomic E-state index is 0.672. The third-order valence-corrected chi connectivity index (χ3v) is 3.32. The van der Waals surface area contributed by atoms with Gasteiger partial charge in [-0.25, -0.2) is 0 Å². The molecule has 0 aromatic heterocycles. The zero-order valence-corrected chi connectivity index (χ0v) is 11.3. The average Bonchev–Trinajstić information content (AvgIpc) is 2.34. The maximum Gasteiger partial charge on any atom is 0.0205 e. The summed E-state index contributed by atoms with van der Waals surface area (Å²) < 4.78 is 0. The Bertz CT molecular complexity index is 281. The van der Waals surface area contributed by atoms with Crippen molar-refractivity contribution in [3.63, 3.8) is 0 Å². The second kappa shape index (κ2) is 7.75. The van der Waals surface area contributed by atoms with E-state index in [4.69, 9.17) is 0 Å². The molecule has 0 saturated heterocycles. The summed E-state index contributed by atoms with van der Waals surface area (Å²) >= 11 is 4.19. The van der Waals surface area contributed by atoms with Crippen molar-refractivity contribution in [2.75, 3.05) is 12.3 Å². The molecule has 0 aliphatic carbocycles. The summed E-state index contributed by atoms with van der Waals surface area (Å²) in [5.74, 6) is 1.63. The van der Waals surface area contributed by atoms with Crippen molar-refractivity contribution < 1.29 is 0 Å². The SMILES string of the molecule is CCC(C)c1ccc(CNCCCS)cc1. The molecule has 1 aromatic rings. The van der Waals surface area contributed by atoms with Crippen LogP contribution in [-0.2, 0) is 6.54 Å². The van der Waals surface area contributed by atoms with Gasteiger partial charge in [0.05, 0.1) is 0 Å². The van der Waals surface area contributed by atoms with Crippen LogP contribution >= 0.6 is 12.6 Å². The number of hydrogen-bond donors (Lipinski definition) is 2. The van der Waals surface area contributed by atoms with Crippen molar-refractivity contribution in [2.24, 2.45) is 0 Å². The third-order valence-electron chi connectivity index (χ3n) is 3.00. The Kier molecular flexibility index (Phi) is 6.58. The molecule has 2 heteroatoms. The highest BCUT2D eigenvalue weighted by atomic mass is 32.1. The Morgan fingerprint density at radius 1 is 1.25 bits per heavy atom. The Morgan fingerprint density at radius 2 is 1.94 bits per heavy atom. The first-order valence-electron chi connectivity index (χ1n) is 6.18. The van der Waals surface area contributed by atoms with Gasteiger partial charge in [0, 0.05) is 6.54 Å². The predicted octanol–water partition coefficient (Wildman–Crippen LogP) is 3.61. The fourth-order valence-corrected chi connectivity index (χ4v) is 1.79. The molecule has 1 atom stereocenters. The number of benzene rings is 1. The summed E-state index contributed by atoms with van der Waals surface area (Å²) in [4.78, 5) is 0. The molecule has 90 valence electrons. The maximum atomic E-state index is 4.19. The zero-order chi connectivity index (χ0) is 11.8. The van der Waals surface area contributed by atoms with Gasteiger partial charge in [0.2, 0.25) is 0 Å². The molecule has 0 saturated carbocycles. The van der Waals surface area contributed by atoms with Crippen LogP contribution in [0.5, 0.6) is 0 Å². The first kappa shape index (κ1) is 13.6. The van der Waals surface area contributed by atoms with Gasteiger partial charge in [-0.3, -0.25) is 0 Å². The van der Waals surface area contributed by atoms with Gasteiger partial charge in [-0.1, -0.05) is 38.1 Å². The molecule has 0 aliphatic heterocycles. The van der Waals surface area contributed by atoms with Crippen LogP contribution in [0.2, 0.25) is 0 Å². The van der Waals surface area contributed by atoms with Gasteiger partial charge in [0.1, 0.15) is 0 Å². The third kappa shape index (κ3) is 4.58. The van der Waals surface area contributed by atoms with E-state index in [1.54, 1.807) is 0 Å². The lowest BCUT2D eigenvalue weighted by Gasteiger charge is -2.10. The fraction of sp³-hybridized carbons (Fsp3) is 0.571. The zero-order valence-electron chi connectivity index (χ0n) is 10.4. The molecule has 0 bridgehead atoms. The Morgan fingerprint density at radius 3 is 2.50 bits per heavy atom. The second-order valence-corrected chi connectivity index (χ2v) is 4.75. The van der Waals surface area contributed by atoms with Gasteiger partial charge >= 0.3 is 0 Å².